The van der Waals surface area contributed by atoms with E-state index in [4.69, 9.17) is 10.6 Å². The van der Waals surface area contributed by atoms with E-state index in [1.165, 1.54) is 0 Å². The second-order valence-corrected chi connectivity index (χ2v) is 6.43. The van der Waals surface area contributed by atoms with Gasteiger partial charge in [-0.1, -0.05) is 19.1 Å². The van der Waals surface area contributed by atoms with Crippen molar-refractivity contribution in [2.24, 2.45) is 5.84 Å². The molecule has 0 atom stereocenters. The molecule has 17 heavy (non-hydrogen) atoms. The van der Waals surface area contributed by atoms with Crippen molar-refractivity contribution in [2.45, 2.75) is 17.4 Å². The molecule has 1 aromatic rings. The van der Waals surface area contributed by atoms with Crippen LogP contribution < -0.4 is 11.3 Å². The monoisotopic (exact) mass is 256 g/mol. The molecule has 3 N–H and O–H groups in total. The van der Waals surface area contributed by atoms with Gasteiger partial charge in [0.25, 0.3) is 0 Å². The van der Waals surface area contributed by atoms with E-state index in [0.717, 1.165) is 5.56 Å². The topological polar surface area (TPSA) is 81.4 Å². The van der Waals surface area contributed by atoms with Crippen molar-refractivity contribution in [1.82, 2.24) is 5.43 Å². The Hall–Kier alpha value is -0.950. The van der Waals surface area contributed by atoms with Crippen LogP contribution >= 0.6 is 0 Å². The highest BCUT2D eigenvalue weighted by Crippen LogP contribution is 2.29. The third-order valence-corrected chi connectivity index (χ3v) is 4.87. The first-order chi connectivity index (χ1) is 8.04. The van der Waals surface area contributed by atoms with Gasteiger partial charge in [0.05, 0.1) is 23.9 Å². The van der Waals surface area contributed by atoms with E-state index < -0.39 is 9.84 Å². The lowest BCUT2D eigenvalue weighted by Crippen LogP contribution is -2.60. The molecule has 1 aromatic carbocycles. The molecule has 1 saturated heterocycles. The summed E-state index contributed by atoms with van der Waals surface area (Å²) in [6.07, 6.45) is 0. The molecule has 0 unspecified atom stereocenters. The maximum atomic E-state index is 11.6. The van der Waals surface area contributed by atoms with Gasteiger partial charge in [0.15, 0.2) is 9.84 Å². The molecule has 1 aliphatic heterocycles. The molecule has 0 saturated carbocycles. The number of nitrogens with one attached hydrogen (secondary N) is 1. The summed E-state index contributed by atoms with van der Waals surface area (Å²) in [5.74, 6) is 5.61. The summed E-state index contributed by atoms with van der Waals surface area (Å²) in [6.45, 7) is 2.64. The fourth-order valence-electron chi connectivity index (χ4n) is 1.79. The Kier molecular flexibility index (Phi) is 3.22. The minimum atomic E-state index is -3.14. The van der Waals surface area contributed by atoms with Crippen LogP contribution in [0.4, 0.5) is 0 Å². The maximum Gasteiger partial charge on any atom is 0.178 e. The van der Waals surface area contributed by atoms with Gasteiger partial charge in [-0.2, -0.15) is 0 Å². The predicted molar refractivity (Wildman–Crippen MR) is 64.0 cm³/mol. The summed E-state index contributed by atoms with van der Waals surface area (Å²) in [7, 11) is -3.14. The first-order valence-electron chi connectivity index (χ1n) is 5.43. The number of hydrogen-bond donors (Lipinski definition) is 2. The summed E-state index contributed by atoms with van der Waals surface area (Å²) in [5, 5.41) is 0. The zero-order valence-electron chi connectivity index (χ0n) is 9.64. The average Bonchev–Trinajstić information content (AvgIpc) is 2.29. The SMILES string of the molecule is CCS(=O)(=O)c1ccc(C2(NN)COC2)cc1. The molecule has 94 valence electrons. The van der Waals surface area contributed by atoms with Crippen molar-refractivity contribution in [1.29, 1.82) is 0 Å². The zero-order valence-corrected chi connectivity index (χ0v) is 10.5. The summed E-state index contributed by atoms with van der Waals surface area (Å²) < 4.78 is 28.4. The number of nitrogens with two attached hydrogens (primary N) is 1. The largest absolute Gasteiger partial charge is 0.377 e. The summed E-state index contributed by atoms with van der Waals surface area (Å²) >= 11 is 0. The molecule has 2 rings (SSSR count). The number of ether oxygens (including phenoxy) is 1. The highest BCUT2D eigenvalue weighted by molar-refractivity contribution is 7.91. The first kappa shape index (κ1) is 12.5. The molecule has 1 fully saturated rings. The molecule has 1 aliphatic rings. The van der Waals surface area contributed by atoms with Crippen molar-refractivity contribution >= 4 is 9.84 Å². The highest BCUT2D eigenvalue weighted by Gasteiger charge is 2.39. The lowest BCUT2D eigenvalue weighted by atomic mass is 9.89. The van der Waals surface area contributed by atoms with Gasteiger partial charge in [-0.15, -0.1) is 0 Å². The first-order valence-corrected chi connectivity index (χ1v) is 7.08. The summed E-state index contributed by atoms with van der Waals surface area (Å²) in [5.41, 5.74) is 3.31. The third kappa shape index (κ3) is 2.09. The van der Waals surface area contributed by atoms with Crippen LogP contribution in [0.2, 0.25) is 0 Å². The molecule has 0 aliphatic carbocycles. The Morgan fingerprint density at radius 1 is 1.35 bits per heavy atom. The Labute approximate surface area is 101 Å². The minimum absolute atomic E-state index is 0.107. The van der Waals surface area contributed by atoms with E-state index in [-0.39, 0.29) is 11.3 Å². The van der Waals surface area contributed by atoms with Gasteiger partial charge >= 0.3 is 0 Å². The average molecular weight is 256 g/mol. The Morgan fingerprint density at radius 2 is 1.94 bits per heavy atom. The van der Waals surface area contributed by atoms with Crippen LogP contribution in [-0.2, 0) is 20.1 Å². The highest BCUT2D eigenvalue weighted by atomic mass is 32.2. The number of hydrogen-bond acceptors (Lipinski definition) is 5. The summed E-state index contributed by atoms with van der Waals surface area (Å²) in [4.78, 5) is 0.344. The van der Waals surface area contributed by atoms with Crippen LogP contribution in [0.3, 0.4) is 0 Å². The fourth-order valence-corrected chi connectivity index (χ4v) is 2.67. The molecular formula is C11H16N2O3S. The fraction of sp³-hybridized carbons (Fsp3) is 0.455. The zero-order chi connectivity index (χ0) is 12.5. The van der Waals surface area contributed by atoms with Crippen LogP contribution in [0.5, 0.6) is 0 Å². The Bertz CT molecular complexity index is 486. The van der Waals surface area contributed by atoms with Crippen LogP contribution in [0.1, 0.15) is 12.5 Å². The molecular weight excluding hydrogens is 240 g/mol. The van der Waals surface area contributed by atoms with Crippen molar-refractivity contribution in [3.63, 3.8) is 0 Å². The van der Waals surface area contributed by atoms with Gasteiger partial charge in [-0.25, -0.2) is 13.8 Å². The second-order valence-electron chi connectivity index (χ2n) is 4.15. The Morgan fingerprint density at radius 3 is 2.29 bits per heavy atom. The molecule has 0 radical (unpaired) electrons. The van der Waals surface area contributed by atoms with Crippen molar-refractivity contribution < 1.29 is 13.2 Å². The predicted octanol–water partition coefficient (Wildman–Crippen LogP) is 0.169. The van der Waals surface area contributed by atoms with Crippen LogP contribution in [0, 0.1) is 0 Å². The van der Waals surface area contributed by atoms with Crippen LogP contribution in [0.25, 0.3) is 0 Å². The van der Waals surface area contributed by atoms with Crippen molar-refractivity contribution in [3.05, 3.63) is 29.8 Å². The normalized spacial score (nSPS) is 18.7. The van der Waals surface area contributed by atoms with E-state index in [2.05, 4.69) is 5.43 Å². The number of rotatable bonds is 4. The molecule has 0 bridgehead atoms. The molecule has 0 amide bonds. The molecule has 6 heteroatoms. The molecule has 1 heterocycles. The third-order valence-electron chi connectivity index (χ3n) is 3.12. The standard InChI is InChI=1S/C11H16N2O3S/c1-2-17(14,15)10-5-3-9(4-6-10)11(13-12)7-16-8-11/h3-6,13H,2,7-8,12H2,1H3. The van der Waals surface area contributed by atoms with Crippen LogP contribution in [-0.4, -0.2) is 27.4 Å². The van der Waals surface area contributed by atoms with Gasteiger partial charge in [0.1, 0.15) is 5.54 Å². The maximum absolute atomic E-state index is 11.6. The lowest BCUT2D eigenvalue weighted by Gasteiger charge is -2.41. The number of hydrazine groups is 1. The lowest BCUT2D eigenvalue weighted by molar-refractivity contribution is -0.0787. The van der Waals surface area contributed by atoms with Gasteiger partial charge in [0.2, 0.25) is 0 Å². The van der Waals surface area contributed by atoms with E-state index >= 15 is 0 Å². The molecule has 0 spiro atoms. The minimum Gasteiger partial charge on any atom is -0.377 e. The van der Waals surface area contributed by atoms with E-state index in [1.54, 1.807) is 31.2 Å². The van der Waals surface area contributed by atoms with Crippen molar-refractivity contribution in [2.75, 3.05) is 19.0 Å². The van der Waals surface area contributed by atoms with Gasteiger partial charge in [0, 0.05) is 0 Å². The number of benzene rings is 1. The molecule has 5 nitrogen and oxygen atoms in total. The van der Waals surface area contributed by atoms with Gasteiger partial charge in [-0.05, 0) is 17.7 Å². The van der Waals surface area contributed by atoms with Crippen LogP contribution in [0.15, 0.2) is 29.2 Å². The second kappa shape index (κ2) is 4.38. The van der Waals surface area contributed by atoms with E-state index in [0.29, 0.717) is 18.1 Å². The smallest absolute Gasteiger partial charge is 0.178 e. The number of sulfone groups is 1. The summed E-state index contributed by atoms with van der Waals surface area (Å²) in [6, 6.07) is 6.80. The van der Waals surface area contributed by atoms with Gasteiger partial charge in [-0.3, -0.25) is 5.84 Å². The van der Waals surface area contributed by atoms with E-state index in [9.17, 15) is 8.42 Å². The Balaban J connectivity index is 2.30. The van der Waals surface area contributed by atoms with E-state index in [1.807, 2.05) is 0 Å². The van der Waals surface area contributed by atoms with Gasteiger partial charge < -0.3 is 4.74 Å². The quantitative estimate of drug-likeness (QED) is 0.593. The molecule has 0 aromatic heterocycles. The van der Waals surface area contributed by atoms with Crippen molar-refractivity contribution in [3.8, 4) is 0 Å².